The first-order chi connectivity index (χ1) is 13.0. The monoisotopic (exact) mass is 437 g/mol. The summed E-state index contributed by atoms with van der Waals surface area (Å²) in [6.07, 6.45) is 0. The molecule has 3 N–H and O–H groups in total. The number of hydrogen-bond donors (Lipinski definition) is 3. The van der Waals surface area contributed by atoms with Crippen molar-refractivity contribution >= 4 is 58.6 Å². The van der Waals surface area contributed by atoms with E-state index in [2.05, 4.69) is 9.97 Å². The van der Waals surface area contributed by atoms with Crippen LogP contribution in [0.3, 0.4) is 0 Å². The van der Waals surface area contributed by atoms with Crippen molar-refractivity contribution in [3.8, 4) is 5.75 Å². The number of halogens is 2. The Morgan fingerprint density at radius 2 is 2.00 bits per heavy atom. The number of aromatic nitrogens is 2. The van der Waals surface area contributed by atoms with Crippen molar-refractivity contribution in [2.75, 3.05) is 18.6 Å². The molecule has 0 spiro atoms. The van der Waals surface area contributed by atoms with E-state index in [0.29, 0.717) is 22.8 Å². The number of nitro benzene ring substituents is 1. The number of rotatable bonds is 4. The maximum Gasteiger partial charge on any atom is 0.271 e. The van der Waals surface area contributed by atoms with E-state index in [-0.39, 0.29) is 54.2 Å². The minimum Gasteiger partial charge on any atom is -0.509 e. The number of imidazole rings is 1. The van der Waals surface area contributed by atoms with E-state index in [1.54, 1.807) is 0 Å². The van der Waals surface area contributed by atoms with Crippen molar-refractivity contribution in [2.45, 2.75) is 0 Å². The molecule has 0 bridgehead atoms. The highest BCUT2D eigenvalue weighted by atomic mass is 35.5. The van der Waals surface area contributed by atoms with Gasteiger partial charge in [-0.25, -0.2) is 4.98 Å². The van der Waals surface area contributed by atoms with Crippen LogP contribution in [0.25, 0.3) is 16.6 Å². The second-order valence-electron chi connectivity index (χ2n) is 5.97. The van der Waals surface area contributed by atoms with Crippen LogP contribution in [-0.2, 0) is 0 Å². The largest absolute Gasteiger partial charge is 0.509 e. The third kappa shape index (κ3) is 3.69. The number of aliphatic hydroxyl groups is 1. The van der Waals surface area contributed by atoms with Gasteiger partial charge in [0.05, 0.1) is 40.9 Å². The Kier molecular flexibility index (Phi) is 6.35. The molecule has 152 valence electrons. The number of ether oxygens (including phenoxy) is 1. The van der Waals surface area contributed by atoms with Gasteiger partial charge in [0.25, 0.3) is 5.69 Å². The predicted molar refractivity (Wildman–Crippen MR) is 115 cm³/mol. The average Bonchev–Trinajstić information content (AvgIpc) is 3.21. The first kappa shape index (κ1) is 22.0. The fourth-order valence-electron chi connectivity index (χ4n) is 3.11. The smallest absolute Gasteiger partial charge is 0.271 e. The molecule has 0 saturated heterocycles. The third-order valence-corrected chi connectivity index (χ3v) is 4.39. The summed E-state index contributed by atoms with van der Waals surface area (Å²) in [4.78, 5) is 19.6. The van der Waals surface area contributed by atoms with E-state index >= 15 is 0 Å². The van der Waals surface area contributed by atoms with Crippen LogP contribution in [-0.4, -0.2) is 39.5 Å². The summed E-state index contributed by atoms with van der Waals surface area (Å²) in [7, 11) is 1.44. The number of nitrogens with one attached hydrogen (secondary N) is 2. The lowest BCUT2D eigenvalue weighted by molar-refractivity contribution is -0.384. The van der Waals surface area contributed by atoms with Crippen molar-refractivity contribution in [3.05, 3.63) is 64.2 Å². The van der Waals surface area contributed by atoms with Crippen LogP contribution in [0, 0.1) is 15.5 Å². The summed E-state index contributed by atoms with van der Waals surface area (Å²) < 4.78 is 5.28. The number of nitrogens with zero attached hydrogens (tertiary/aromatic N) is 3. The van der Waals surface area contributed by atoms with Gasteiger partial charge < -0.3 is 19.7 Å². The number of hydrogen-bond acceptors (Lipinski definition) is 6. The predicted octanol–water partition coefficient (Wildman–Crippen LogP) is 4.09. The molecule has 11 heteroatoms. The molecule has 1 aliphatic heterocycles. The molecular formula is C18H17Cl2N5O4. The normalized spacial score (nSPS) is 13.3. The summed E-state index contributed by atoms with van der Waals surface area (Å²) >= 11 is 0. The molecule has 0 unspecified atom stereocenters. The number of benzene rings is 2. The maximum absolute atomic E-state index is 11.1. The van der Waals surface area contributed by atoms with E-state index in [1.165, 1.54) is 30.2 Å². The Hall–Kier alpha value is -3.30. The number of para-hydroxylation sites is 2. The van der Waals surface area contributed by atoms with Gasteiger partial charge in [0.2, 0.25) is 0 Å². The Labute approximate surface area is 177 Å². The Morgan fingerprint density at radius 1 is 1.28 bits per heavy atom. The van der Waals surface area contributed by atoms with E-state index in [0.717, 1.165) is 5.52 Å². The van der Waals surface area contributed by atoms with Gasteiger partial charge in [-0.15, -0.1) is 24.8 Å². The quantitative estimate of drug-likeness (QED) is 0.416. The number of aliphatic hydroxyl groups excluding tert-OH is 1. The summed E-state index contributed by atoms with van der Waals surface area (Å²) in [6, 6.07) is 11.5. The summed E-state index contributed by atoms with van der Waals surface area (Å²) in [5, 5.41) is 30.1. The average molecular weight is 438 g/mol. The van der Waals surface area contributed by atoms with Crippen molar-refractivity contribution in [2.24, 2.45) is 0 Å². The molecule has 0 fully saturated rings. The summed E-state index contributed by atoms with van der Waals surface area (Å²) in [6.45, 7) is -0.0112. The minimum atomic E-state index is -0.518. The maximum atomic E-state index is 11.1. The molecule has 0 atom stereocenters. The number of non-ortho nitro benzene ring substituents is 1. The van der Waals surface area contributed by atoms with Crippen LogP contribution in [0.5, 0.6) is 5.75 Å². The summed E-state index contributed by atoms with van der Waals surface area (Å²) in [5.74, 6) is 0.660. The minimum absolute atomic E-state index is 0. The van der Waals surface area contributed by atoms with Crippen molar-refractivity contribution in [1.29, 1.82) is 5.41 Å². The lowest BCUT2D eigenvalue weighted by atomic mass is 10.2. The first-order valence-electron chi connectivity index (χ1n) is 8.05. The number of fused-ring (bicyclic) bond motifs is 1. The highest BCUT2D eigenvalue weighted by Crippen LogP contribution is 2.37. The van der Waals surface area contributed by atoms with Crippen molar-refractivity contribution < 1.29 is 14.8 Å². The number of nitro groups is 1. The van der Waals surface area contributed by atoms with Crippen LogP contribution < -0.4 is 9.64 Å². The molecule has 2 heterocycles. The topological polar surface area (TPSA) is 128 Å². The molecule has 9 nitrogen and oxygen atoms in total. The first-order valence-corrected chi connectivity index (χ1v) is 8.05. The molecule has 0 aliphatic carbocycles. The molecule has 0 radical (unpaired) electrons. The van der Waals surface area contributed by atoms with Gasteiger partial charge >= 0.3 is 0 Å². The molecule has 1 aromatic heterocycles. The fraction of sp³-hybridized carbons (Fsp3) is 0.111. The molecule has 3 aromatic rings. The molecule has 2 aromatic carbocycles. The summed E-state index contributed by atoms with van der Waals surface area (Å²) in [5.41, 5.74) is 1.95. The van der Waals surface area contributed by atoms with Gasteiger partial charge in [0.1, 0.15) is 23.2 Å². The van der Waals surface area contributed by atoms with Gasteiger partial charge in [-0.05, 0) is 18.2 Å². The highest BCUT2D eigenvalue weighted by molar-refractivity contribution is 6.30. The molecule has 29 heavy (non-hydrogen) atoms. The zero-order valence-electron chi connectivity index (χ0n) is 15.1. The zero-order chi connectivity index (χ0) is 19.1. The van der Waals surface area contributed by atoms with Gasteiger partial charge in [0.15, 0.2) is 0 Å². The Morgan fingerprint density at radius 3 is 2.66 bits per heavy atom. The SMILES string of the molecule is COc1ccc([N+](=O)[O-])cc1N1CC(O)=C(c2nc3ccccc3[nH]2)C1=N.Cl.Cl. The molecule has 1 aliphatic rings. The van der Waals surface area contributed by atoms with Crippen LogP contribution in [0.1, 0.15) is 5.82 Å². The standard InChI is InChI=1S/C18H15N5O4.2ClH/c1-27-15-7-6-10(23(25)26)8-13(15)22-9-14(24)16(17(22)19)18-20-11-4-2-3-5-12(11)21-18;;/h2-8,19,24H,9H2,1H3,(H,20,21);2*1H. The van der Waals surface area contributed by atoms with Gasteiger partial charge in [-0.1, -0.05) is 12.1 Å². The lowest BCUT2D eigenvalue weighted by Crippen LogP contribution is -2.26. The van der Waals surface area contributed by atoms with E-state index in [9.17, 15) is 15.2 Å². The number of methoxy groups -OCH3 is 1. The molecule has 4 rings (SSSR count). The number of aromatic amines is 1. The van der Waals surface area contributed by atoms with Gasteiger partial charge in [-0.2, -0.15) is 0 Å². The van der Waals surface area contributed by atoms with Crippen LogP contribution in [0.4, 0.5) is 11.4 Å². The second-order valence-corrected chi connectivity index (χ2v) is 5.97. The second kappa shape index (κ2) is 8.38. The van der Waals surface area contributed by atoms with Crippen molar-refractivity contribution in [1.82, 2.24) is 9.97 Å². The number of amidine groups is 1. The van der Waals surface area contributed by atoms with Crippen LogP contribution in [0.15, 0.2) is 48.2 Å². The van der Waals surface area contributed by atoms with Crippen molar-refractivity contribution in [3.63, 3.8) is 0 Å². The lowest BCUT2D eigenvalue weighted by Gasteiger charge is -2.20. The van der Waals surface area contributed by atoms with E-state index in [1.807, 2.05) is 24.3 Å². The van der Waals surface area contributed by atoms with E-state index in [4.69, 9.17) is 10.1 Å². The van der Waals surface area contributed by atoms with Gasteiger partial charge in [-0.3, -0.25) is 15.5 Å². The highest BCUT2D eigenvalue weighted by Gasteiger charge is 2.33. The number of H-pyrrole nitrogens is 1. The van der Waals surface area contributed by atoms with Crippen LogP contribution >= 0.6 is 24.8 Å². The van der Waals surface area contributed by atoms with E-state index < -0.39 is 4.92 Å². The van der Waals surface area contributed by atoms with Crippen LogP contribution in [0.2, 0.25) is 0 Å². The molecular weight excluding hydrogens is 421 g/mol. The molecule has 0 saturated carbocycles. The third-order valence-electron chi connectivity index (χ3n) is 4.39. The Balaban J connectivity index is 0.00000150. The fourth-order valence-corrected chi connectivity index (χ4v) is 3.11. The van der Waals surface area contributed by atoms with Gasteiger partial charge in [0, 0.05) is 12.1 Å². The number of anilines is 1. The molecule has 0 amide bonds. The Bertz CT molecular complexity index is 1100. The zero-order valence-corrected chi connectivity index (χ0v) is 16.7.